The molecule has 1 aromatic heterocycles. The van der Waals surface area contributed by atoms with Crippen LogP contribution in [0.25, 0.3) is 11.5 Å². The smallest absolute Gasteiger partial charge is 0.407 e. The number of methoxy groups -OCH3 is 1. The Morgan fingerprint density at radius 3 is 2.51 bits per heavy atom. The number of carbonyl (C=O) groups is 3. The predicted octanol–water partition coefficient (Wildman–Crippen LogP) is 2.35. The maximum absolute atomic E-state index is 12.7. The van der Waals surface area contributed by atoms with Crippen LogP contribution in [0.1, 0.15) is 32.2 Å². The van der Waals surface area contributed by atoms with Crippen molar-refractivity contribution >= 4 is 23.7 Å². The number of rotatable bonds is 8. The zero-order valence-electron chi connectivity index (χ0n) is 20.4. The van der Waals surface area contributed by atoms with Gasteiger partial charge in [0.05, 0.1) is 32.4 Å². The summed E-state index contributed by atoms with van der Waals surface area (Å²) in [5.41, 5.74) is 1.53. The van der Waals surface area contributed by atoms with Gasteiger partial charge in [-0.15, -0.1) is 0 Å². The minimum absolute atomic E-state index is 0.0577. The van der Waals surface area contributed by atoms with Crippen LogP contribution < -0.4 is 10.6 Å². The summed E-state index contributed by atoms with van der Waals surface area (Å²) in [6, 6.07) is 6.94. The van der Waals surface area contributed by atoms with Gasteiger partial charge >= 0.3 is 12.1 Å². The molecular formula is C24H30N4O7. The molecule has 3 rings (SSSR count). The van der Waals surface area contributed by atoms with Crippen molar-refractivity contribution in [3.63, 3.8) is 0 Å². The Kier molecular flexibility index (Phi) is 7.80. The number of nitrogens with zero attached hydrogens (tertiary/aromatic N) is 2. The third kappa shape index (κ3) is 6.38. The molecule has 2 aromatic rings. The largest absolute Gasteiger partial charge is 0.466 e. The molecule has 1 aliphatic heterocycles. The van der Waals surface area contributed by atoms with Gasteiger partial charge in [0.2, 0.25) is 5.89 Å². The molecule has 0 bridgehead atoms. The first kappa shape index (κ1) is 25.8. The molecule has 11 heteroatoms. The predicted molar refractivity (Wildman–Crippen MR) is 126 cm³/mol. The van der Waals surface area contributed by atoms with Gasteiger partial charge in [-0.3, -0.25) is 4.79 Å². The number of oxazole rings is 1. The zero-order chi connectivity index (χ0) is 25.8. The Labute approximate surface area is 203 Å². The number of hydrogen-bond donors (Lipinski definition) is 3. The minimum Gasteiger partial charge on any atom is -0.466 e. The lowest BCUT2D eigenvalue weighted by Crippen LogP contribution is -2.32. The first-order chi connectivity index (χ1) is 16.5. The normalized spacial score (nSPS) is 13.8. The minimum atomic E-state index is -0.610. The first-order valence-electron chi connectivity index (χ1n) is 11.0. The monoisotopic (exact) mass is 486 g/mol. The van der Waals surface area contributed by atoms with Gasteiger partial charge < -0.3 is 34.5 Å². The molecule has 0 fully saturated rings. The molecule has 1 aromatic carbocycles. The van der Waals surface area contributed by atoms with E-state index in [4.69, 9.17) is 13.9 Å². The summed E-state index contributed by atoms with van der Waals surface area (Å²) < 4.78 is 15.8. The van der Waals surface area contributed by atoms with E-state index in [0.29, 0.717) is 28.6 Å². The highest BCUT2D eigenvalue weighted by molar-refractivity contribution is 6.08. The number of amides is 2. The Morgan fingerprint density at radius 2 is 1.91 bits per heavy atom. The molecule has 1 aliphatic rings. The number of alkyl carbamates (subject to hydrolysis) is 1. The van der Waals surface area contributed by atoms with Gasteiger partial charge in [-0.1, -0.05) is 0 Å². The Hall–Kier alpha value is -3.86. The summed E-state index contributed by atoms with van der Waals surface area (Å²) in [4.78, 5) is 42.5. The third-order valence-corrected chi connectivity index (χ3v) is 5.05. The van der Waals surface area contributed by atoms with Crippen molar-refractivity contribution < 1.29 is 33.4 Å². The van der Waals surface area contributed by atoms with Crippen molar-refractivity contribution in [2.75, 3.05) is 32.1 Å². The number of aromatic nitrogens is 1. The average molecular weight is 487 g/mol. The van der Waals surface area contributed by atoms with Crippen molar-refractivity contribution in [3.05, 3.63) is 47.0 Å². The number of ether oxygens (including phenoxy) is 2. The molecule has 11 nitrogen and oxygen atoms in total. The molecule has 35 heavy (non-hydrogen) atoms. The van der Waals surface area contributed by atoms with Crippen LogP contribution in [0, 0.1) is 6.92 Å². The third-order valence-electron chi connectivity index (χ3n) is 5.05. The summed E-state index contributed by atoms with van der Waals surface area (Å²) in [7, 11) is 1.25. The van der Waals surface area contributed by atoms with Crippen LogP contribution >= 0.6 is 0 Å². The van der Waals surface area contributed by atoms with Gasteiger partial charge in [-0.05, 0) is 52.0 Å². The molecule has 0 unspecified atom stereocenters. The molecule has 3 N–H and O–H groups in total. The van der Waals surface area contributed by atoms with E-state index in [0.717, 1.165) is 0 Å². The number of β-amino-alcohol motifs (C(OH)–C–C–N with tert-alkyl or cyclic N) is 1. The van der Waals surface area contributed by atoms with Crippen LogP contribution in [0.4, 0.5) is 10.5 Å². The topological polar surface area (TPSA) is 143 Å². The molecule has 0 aliphatic carbocycles. The second kappa shape index (κ2) is 10.6. The van der Waals surface area contributed by atoms with Crippen LogP contribution in [0.5, 0.6) is 0 Å². The fourth-order valence-corrected chi connectivity index (χ4v) is 3.38. The van der Waals surface area contributed by atoms with Gasteiger partial charge in [0.15, 0.2) is 0 Å². The molecule has 0 spiro atoms. The second-order valence-electron chi connectivity index (χ2n) is 8.88. The van der Waals surface area contributed by atoms with Crippen LogP contribution in [0.2, 0.25) is 0 Å². The molecule has 0 atom stereocenters. The van der Waals surface area contributed by atoms with Gasteiger partial charge in [0, 0.05) is 17.8 Å². The number of esters is 1. The summed E-state index contributed by atoms with van der Waals surface area (Å²) in [5.74, 6) is -0.0723. The number of nitrogens with one attached hydrogen (secondary N) is 2. The van der Waals surface area contributed by atoms with Crippen molar-refractivity contribution in [2.45, 2.75) is 39.8 Å². The Balaban J connectivity index is 1.71. The van der Waals surface area contributed by atoms with Gasteiger partial charge in [0.1, 0.15) is 22.8 Å². The Morgan fingerprint density at radius 1 is 1.23 bits per heavy atom. The number of benzene rings is 1. The summed E-state index contributed by atoms with van der Waals surface area (Å²) in [5, 5.41) is 14.8. The van der Waals surface area contributed by atoms with Crippen molar-refractivity contribution in [2.24, 2.45) is 0 Å². The molecule has 2 amide bonds. The highest BCUT2D eigenvalue weighted by atomic mass is 16.6. The molecule has 2 heterocycles. The number of aliphatic hydroxyl groups excluding tert-OH is 1. The lowest BCUT2D eigenvalue weighted by molar-refractivity contribution is -0.136. The standard InChI is InChI=1S/C24H30N4O7/c1-14-18(12-25-23(32)35-24(2,3)4)27-20(34-14)15-6-8-16(9-7-15)26-19-17(22(31)33-5)13-28(10-11-29)21(19)30/h6-9,26,29H,10-13H2,1-5H3,(H,25,32). The summed E-state index contributed by atoms with van der Waals surface area (Å²) >= 11 is 0. The number of carbonyl (C=O) groups excluding carboxylic acids is 3. The maximum Gasteiger partial charge on any atom is 0.407 e. The highest BCUT2D eigenvalue weighted by Gasteiger charge is 2.34. The van der Waals surface area contributed by atoms with Gasteiger partial charge in [-0.25, -0.2) is 14.6 Å². The van der Waals surface area contributed by atoms with Crippen LogP contribution in [0.15, 0.2) is 40.0 Å². The first-order valence-corrected chi connectivity index (χ1v) is 11.0. The summed E-state index contributed by atoms with van der Waals surface area (Å²) in [6.07, 6.45) is -0.545. The van der Waals surface area contributed by atoms with E-state index in [-0.39, 0.29) is 37.5 Å². The molecule has 188 valence electrons. The van der Waals surface area contributed by atoms with Crippen molar-refractivity contribution in [1.82, 2.24) is 15.2 Å². The van der Waals surface area contributed by atoms with E-state index in [9.17, 15) is 19.5 Å². The van der Waals surface area contributed by atoms with E-state index in [1.807, 2.05) is 0 Å². The van der Waals surface area contributed by atoms with Crippen molar-refractivity contribution in [1.29, 1.82) is 0 Å². The highest BCUT2D eigenvalue weighted by Crippen LogP contribution is 2.26. The van der Waals surface area contributed by atoms with Crippen LogP contribution in [-0.2, 0) is 25.6 Å². The summed E-state index contributed by atoms with van der Waals surface area (Å²) in [6.45, 7) is 7.21. The number of aryl methyl sites for hydroxylation is 1. The fourth-order valence-electron chi connectivity index (χ4n) is 3.38. The van der Waals surface area contributed by atoms with Gasteiger partial charge in [-0.2, -0.15) is 0 Å². The number of hydrogen-bond acceptors (Lipinski definition) is 9. The lowest BCUT2D eigenvalue weighted by Gasteiger charge is -2.19. The molecule has 0 radical (unpaired) electrons. The maximum atomic E-state index is 12.7. The van der Waals surface area contributed by atoms with Gasteiger partial charge in [0.25, 0.3) is 5.91 Å². The molecule has 0 saturated carbocycles. The average Bonchev–Trinajstić information content (AvgIpc) is 3.31. The quantitative estimate of drug-likeness (QED) is 0.479. The molecular weight excluding hydrogens is 456 g/mol. The number of aliphatic hydroxyl groups is 1. The van der Waals surface area contributed by atoms with E-state index >= 15 is 0 Å². The molecule has 0 saturated heterocycles. The van der Waals surface area contributed by atoms with E-state index < -0.39 is 23.6 Å². The zero-order valence-corrected chi connectivity index (χ0v) is 20.4. The second-order valence-corrected chi connectivity index (χ2v) is 8.88. The fraction of sp³-hybridized carbons (Fsp3) is 0.417. The Bertz CT molecular complexity index is 1130. The number of anilines is 1. The van der Waals surface area contributed by atoms with E-state index in [1.165, 1.54) is 12.0 Å². The lowest BCUT2D eigenvalue weighted by atomic mass is 10.2. The SMILES string of the molecule is COC(=O)C1=C(Nc2ccc(-c3nc(CNC(=O)OC(C)(C)C)c(C)o3)cc2)C(=O)N(CCO)C1. The van der Waals surface area contributed by atoms with Crippen LogP contribution in [-0.4, -0.2) is 65.4 Å². The van der Waals surface area contributed by atoms with E-state index in [1.54, 1.807) is 52.0 Å². The van der Waals surface area contributed by atoms with Crippen molar-refractivity contribution in [3.8, 4) is 11.5 Å². The van der Waals surface area contributed by atoms with Crippen LogP contribution in [0.3, 0.4) is 0 Å². The van der Waals surface area contributed by atoms with E-state index in [2.05, 4.69) is 15.6 Å².